The van der Waals surface area contributed by atoms with Gasteiger partial charge in [0, 0.05) is 56.7 Å². The summed E-state index contributed by atoms with van der Waals surface area (Å²) in [4.78, 5) is 43.6. The van der Waals surface area contributed by atoms with Gasteiger partial charge in [0.15, 0.2) is 5.82 Å². The van der Waals surface area contributed by atoms with Crippen LogP contribution in [0, 0.1) is 0 Å². The largest absolute Gasteiger partial charge is 0.497 e. The highest BCUT2D eigenvalue weighted by Gasteiger charge is 2.23. The van der Waals surface area contributed by atoms with Crippen LogP contribution in [0.2, 0.25) is 0 Å². The molecule has 0 spiro atoms. The molecule has 0 bridgehead atoms. The topological polar surface area (TPSA) is 130 Å². The molecule has 0 saturated carbocycles. The molecule has 1 aliphatic heterocycles. The zero-order valence-electron chi connectivity index (χ0n) is 20.1. The van der Waals surface area contributed by atoms with Gasteiger partial charge in [-0.1, -0.05) is 0 Å². The number of amides is 2. The molecule has 1 aromatic carbocycles. The minimum atomic E-state index is -0.388. The summed E-state index contributed by atoms with van der Waals surface area (Å²) in [7, 11) is 3.08. The number of H-pyrrole nitrogens is 1. The van der Waals surface area contributed by atoms with E-state index >= 15 is 0 Å². The van der Waals surface area contributed by atoms with E-state index < -0.39 is 0 Å². The van der Waals surface area contributed by atoms with Gasteiger partial charge in [0.25, 0.3) is 5.56 Å². The van der Waals surface area contributed by atoms with Crippen LogP contribution in [-0.2, 0) is 16.0 Å². The highest BCUT2D eigenvalue weighted by Crippen LogP contribution is 2.27. The Balaban J connectivity index is 1.54. The van der Waals surface area contributed by atoms with Crippen LogP contribution >= 0.6 is 0 Å². The van der Waals surface area contributed by atoms with Gasteiger partial charge in [0.1, 0.15) is 17.2 Å². The average molecular weight is 473 g/mol. The number of carbonyl (C=O) groups excluding carboxylic acids is 2. The molecule has 11 heteroatoms. The molecule has 1 saturated heterocycles. The van der Waals surface area contributed by atoms with E-state index in [1.807, 2.05) is 18.7 Å². The van der Waals surface area contributed by atoms with Gasteiger partial charge in [-0.15, -0.1) is 10.2 Å². The SMILES string of the molecule is COc1cc(OC)cc(-c2nnc(CCC(=O)N3CCN(CC(=O)NC(C)C)CC3)c(=O)[nH]2)c1. The highest BCUT2D eigenvalue weighted by molar-refractivity contribution is 5.78. The van der Waals surface area contributed by atoms with E-state index in [0.717, 1.165) is 0 Å². The van der Waals surface area contributed by atoms with Crippen molar-refractivity contribution >= 4 is 11.8 Å². The summed E-state index contributed by atoms with van der Waals surface area (Å²) in [5.41, 5.74) is 0.417. The average Bonchev–Trinajstić information content (AvgIpc) is 2.82. The molecule has 0 aliphatic carbocycles. The molecule has 2 heterocycles. The zero-order valence-corrected chi connectivity index (χ0v) is 20.1. The Morgan fingerprint density at radius 2 is 1.71 bits per heavy atom. The van der Waals surface area contributed by atoms with Gasteiger partial charge >= 0.3 is 0 Å². The standard InChI is InChI=1S/C23H32N6O5/c1-15(2)24-20(30)14-28-7-9-29(10-8-28)21(31)6-5-19-23(32)25-22(27-26-19)16-11-17(33-3)13-18(12-16)34-4/h11-13,15H,5-10,14H2,1-4H3,(H,24,30)(H,25,27,32). The third kappa shape index (κ3) is 6.77. The molecular weight excluding hydrogens is 440 g/mol. The quantitative estimate of drug-likeness (QED) is 0.538. The third-order valence-electron chi connectivity index (χ3n) is 5.51. The lowest BCUT2D eigenvalue weighted by Crippen LogP contribution is -2.51. The number of methoxy groups -OCH3 is 2. The molecule has 34 heavy (non-hydrogen) atoms. The molecule has 0 atom stereocenters. The maximum Gasteiger partial charge on any atom is 0.273 e. The van der Waals surface area contributed by atoms with E-state index in [1.54, 1.807) is 23.1 Å². The van der Waals surface area contributed by atoms with Gasteiger partial charge in [-0.3, -0.25) is 19.3 Å². The van der Waals surface area contributed by atoms with Gasteiger partial charge in [0.05, 0.1) is 20.8 Å². The second-order valence-electron chi connectivity index (χ2n) is 8.43. The summed E-state index contributed by atoms with van der Waals surface area (Å²) in [6.45, 7) is 6.54. The summed E-state index contributed by atoms with van der Waals surface area (Å²) in [6, 6.07) is 5.26. The Kier molecular flexibility index (Phi) is 8.58. The fourth-order valence-corrected chi connectivity index (χ4v) is 3.71. The van der Waals surface area contributed by atoms with Crippen molar-refractivity contribution in [1.29, 1.82) is 0 Å². The number of carbonyl (C=O) groups is 2. The van der Waals surface area contributed by atoms with Gasteiger partial charge < -0.3 is 24.7 Å². The number of ether oxygens (including phenoxy) is 2. The van der Waals surface area contributed by atoms with Crippen LogP contribution in [0.15, 0.2) is 23.0 Å². The van der Waals surface area contributed by atoms with Crippen molar-refractivity contribution in [2.75, 3.05) is 46.9 Å². The fourth-order valence-electron chi connectivity index (χ4n) is 3.71. The van der Waals surface area contributed by atoms with E-state index in [-0.39, 0.29) is 47.8 Å². The smallest absolute Gasteiger partial charge is 0.273 e. The van der Waals surface area contributed by atoms with Crippen molar-refractivity contribution in [2.24, 2.45) is 0 Å². The minimum Gasteiger partial charge on any atom is -0.497 e. The number of benzene rings is 1. The summed E-state index contributed by atoms with van der Waals surface area (Å²) in [5, 5.41) is 11.0. The van der Waals surface area contributed by atoms with Crippen LogP contribution in [0.4, 0.5) is 0 Å². The first-order valence-electron chi connectivity index (χ1n) is 11.3. The third-order valence-corrected chi connectivity index (χ3v) is 5.51. The molecule has 3 rings (SSSR count). The van der Waals surface area contributed by atoms with Crippen LogP contribution in [0.3, 0.4) is 0 Å². The number of nitrogens with zero attached hydrogens (tertiary/aromatic N) is 4. The van der Waals surface area contributed by atoms with Crippen molar-refractivity contribution in [2.45, 2.75) is 32.7 Å². The molecule has 1 aliphatic rings. The molecule has 2 amide bonds. The molecule has 184 valence electrons. The van der Waals surface area contributed by atoms with Crippen LogP contribution < -0.4 is 20.3 Å². The first-order valence-corrected chi connectivity index (χ1v) is 11.3. The second kappa shape index (κ2) is 11.6. The van der Waals surface area contributed by atoms with E-state index in [4.69, 9.17) is 9.47 Å². The summed E-state index contributed by atoms with van der Waals surface area (Å²) < 4.78 is 10.5. The van der Waals surface area contributed by atoms with Crippen LogP contribution in [-0.4, -0.2) is 89.8 Å². The number of aromatic nitrogens is 3. The molecule has 0 unspecified atom stereocenters. The summed E-state index contributed by atoms with van der Waals surface area (Å²) in [6.07, 6.45) is 0.359. The van der Waals surface area contributed by atoms with Crippen LogP contribution in [0.5, 0.6) is 11.5 Å². The van der Waals surface area contributed by atoms with Gasteiger partial charge in [-0.25, -0.2) is 0 Å². The van der Waals surface area contributed by atoms with Crippen molar-refractivity contribution in [3.8, 4) is 22.9 Å². The van der Waals surface area contributed by atoms with E-state index in [2.05, 4.69) is 20.5 Å². The monoisotopic (exact) mass is 472 g/mol. The lowest BCUT2D eigenvalue weighted by Gasteiger charge is -2.34. The fraction of sp³-hybridized carbons (Fsp3) is 0.522. The zero-order chi connectivity index (χ0) is 24.7. The molecular formula is C23H32N6O5. The van der Waals surface area contributed by atoms with Crippen molar-refractivity contribution in [1.82, 2.24) is 30.3 Å². The number of aryl methyl sites for hydroxylation is 1. The van der Waals surface area contributed by atoms with E-state index in [1.165, 1.54) is 14.2 Å². The Morgan fingerprint density at radius 3 is 2.26 bits per heavy atom. The number of aromatic amines is 1. The molecule has 1 aromatic heterocycles. The first-order chi connectivity index (χ1) is 16.3. The number of nitrogens with one attached hydrogen (secondary N) is 2. The van der Waals surface area contributed by atoms with Gasteiger partial charge in [0.2, 0.25) is 11.8 Å². The summed E-state index contributed by atoms with van der Waals surface area (Å²) >= 11 is 0. The minimum absolute atomic E-state index is 0.0107. The van der Waals surface area contributed by atoms with Crippen molar-refractivity contribution in [3.63, 3.8) is 0 Å². The Morgan fingerprint density at radius 1 is 1.06 bits per heavy atom. The highest BCUT2D eigenvalue weighted by atomic mass is 16.5. The van der Waals surface area contributed by atoms with E-state index in [0.29, 0.717) is 49.8 Å². The lowest BCUT2D eigenvalue weighted by molar-refractivity contribution is -0.133. The Hall–Kier alpha value is -3.47. The number of piperazine rings is 1. The molecule has 2 N–H and O–H groups in total. The Labute approximate surface area is 198 Å². The molecule has 11 nitrogen and oxygen atoms in total. The second-order valence-corrected chi connectivity index (χ2v) is 8.43. The molecule has 0 radical (unpaired) electrons. The lowest BCUT2D eigenvalue weighted by atomic mass is 10.2. The first kappa shape index (κ1) is 25.2. The summed E-state index contributed by atoms with van der Waals surface area (Å²) in [5.74, 6) is 1.35. The maximum absolute atomic E-state index is 12.6. The molecule has 2 aromatic rings. The number of hydrogen-bond donors (Lipinski definition) is 2. The van der Waals surface area contributed by atoms with Crippen molar-refractivity contribution in [3.05, 3.63) is 34.2 Å². The predicted molar refractivity (Wildman–Crippen MR) is 126 cm³/mol. The van der Waals surface area contributed by atoms with Crippen molar-refractivity contribution < 1.29 is 19.1 Å². The molecule has 1 fully saturated rings. The normalized spacial score (nSPS) is 14.2. The van der Waals surface area contributed by atoms with Crippen LogP contribution in [0.25, 0.3) is 11.4 Å². The predicted octanol–water partition coefficient (Wildman–Crippen LogP) is 0.451. The van der Waals surface area contributed by atoms with E-state index in [9.17, 15) is 14.4 Å². The van der Waals surface area contributed by atoms with Gasteiger partial charge in [-0.2, -0.15) is 0 Å². The number of rotatable bonds is 9. The maximum atomic E-state index is 12.6. The van der Waals surface area contributed by atoms with Gasteiger partial charge in [-0.05, 0) is 26.0 Å². The van der Waals surface area contributed by atoms with Crippen LogP contribution in [0.1, 0.15) is 26.0 Å². The number of hydrogen-bond acceptors (Lipinski definition) is 8. The Bertz CT molecular complexity index is 1040.